The standard InChI is InChI=1S/C19H13F3N4O2/c1-11-24-15-9-12(7-8-16(15)28-11)25-18(27)14-10-23-26(17(14)19(20,21)22)13-5-3-2-4-6-13/h2-10H,1H3,(H,25,27). The first-order valence-corrected chi connectivity index (χ1v) is 8.22. The number of aromatic nitrogens is 3. The van der Waals surface area contributed by atoms with Crippen molar-refractivity contribution in [3.8, 4) is 5.69 Å². The van der Waals surface area contributed by atoms with Crippen LogP contribution in [-0.4, -0.2) is 20.7 Å². The number of carbonyl (C=O) groups is 1. The maximum absolute atomic E-state index is 13.7. The molecule has 0 spiro atoms. The van der Waals surface area contributed by atoms with Crippen LogP contribution in [0.2, 0.25) is 0 Å². The number of hydrogen-bond acceptors (Lipinski definition) is 4. The summed E-state index contributed by atoms with van der Waals surface area (Å²) in [5.41, 5.74) is -0.211. The third-order valence-electron chi connectivity index (χ3n) is 4.04. The van der Waals surface area contributed by atoms with Crippen molar-refractivity contribution in [2.45, 2.75) is 13.1 Å². The van der Waals surface area contributed by atoms with Crippen molar-refractivity contribution >= 4 is 22.7 Å². The fraction of sp³-hybridized carbons (Fsp3) is 0.105. The summed E-state index contributed by atoms with van der Waals surface area (Å²) in [5, 5.41) is 6.24. The van der Waals surface area contributed by atoms with E-state index in [2.05, 4.69) is 15.4 Å². The van der Waals surface area contributed by atoms with Crippen LogP contribution in [0.1, 0.15) is 21.9 Å². The number of rotatable bonds is 3. The monoisotopic (exact) mass is 386 g/mol. The van der Waals surface area contributed by atoms with E-state index in [1.807, 2.05) is 0 Å². The maximum atomic E-state index is 13.7. The quantitative estimate of drug-likeness (QED) is 0.559. The highest BCUT2D eigenvalue weighted by molar-refractivity contribution is 6.05. The zero-order chi connectivity index (χ0) is 19.9. The van der Waals surface area contributed by atoms with Gasteiger partial charge in [0.1, 0.15) is 5.52 Å². The number of amides is 1. The van der Waals surface area contributed by atoms with Crippen LogP contribution in [-0.2, 0) is 6.18 Å². The Hall–Kier alpha value is -3.62. The van der Waals surface area contributed by atoms with Crippen molar-refractivity contribution < 1.29 is 22.4 Å². The van der Waals surface area contributed by atoms with E-state index in [0.717, 1.165) is 6.20 Å². The molecular weight excluding hydrogens is 373 g/mol. The van der Waals surface area contributed by atoms with Crippen molar-refractivity contribution in [2.24, 2.45) is 0 Å². The van der Waals surface area contributed by atoms with Crippen molar-refractivity contribution in [1.29, 1.82) is 0 Å². The Morgan fingerprint density at radius 3 is 2.61 bits per heavy atom. The molecule has 0 fully saturated rings. The van der Waals surface area contributed by atoms with Crippen LogP contribution in [0.25, 0.3) is 16.8 Å². The summed E-state index contributed by atoms with van der Waals surface area (Å²) in [6, 6.07) is 12.4. The lowest BCUT2D eigenvalue weighted by atomic mass is 10.2. The van der Waals surface area contributed by atoms with Gasteiger partial charge in [0.25, 0.3) is 5.91 Å². The average Bonchev–Trinajstić information content (AvgIpc) is 3.25. The lowest BCUT2D eigenvalue weighted by Crippen LogP contribution is -2.20. The second-order valence-corrected chi connectivity index (χ2v) is 6.02. The molecule has 0 aliphatic heterocycles. The van der Waals surface area contributed by atoms with Gasteiger partial charge in [-0.1, -0.05) is 18.2 Å². The Labute approximate surface area is 156 Å². The first-order chi connectivity index (χ1) is 13.3. The number of para-hydroxylation sites is 1. The van der Waals surface area contributed by atoms with Gasteiger partial charge in [0.15, 0.2) is 17.2 Å². The number of oxazole rings is 1. The molecule has 4 aromatic rings. The molecule has 0 aliphatic rings. The number of alkyl halides is 3. The molecule has 0 saturated carbocycles. The van der Waals surface area contributed by atoms with Crippen LogP contribution < -0.4 is 5.32 Å². The van der Waals surface area contributed by atoms with Crippen LogP contribution in [0.5, 0.6) is 0 Å². The molecule has 9 heteroatoms. The third-order valence-corrected chi connectivity index (χ3v) is 4.04. The fourth-order valence-corrected chi connectivity index (χ4v) is 2.87. The molecule has 0 unspecified atom stereocenters. The molecule has 2 aromatic heterocycles. The molecule has 1 amide bonds. The summed E-state index contributed by atoms with van der Waals surface area (Å²) in [4.78, 5) is 16.7. The number of carbonyl (C=O) groups excluding carboxylic acids is 1. The summed E-state index contributed by atoms with van der Waals surface area (Å²) in [7, 11) is 0. The Morgan fingerprint density at radius 2 is 1.89 bits per heavy atom. The summed E-state index contributed by atoms with van der Waals surface area (Å²) in [6.45, 7) is 1.67. The molecule has 0 bridgehead atoms. The molecule has 28 heavy (non-hydrogen) atoms. The van der Waals surface area contributed by atoms with Crippen molar-refractivity contribution in [3.05, 3.63) is 71.9 Å². The number of nitrogens with one attached hydrogen (secondary N) is 1. The van der Waals surface area contributed by atoms with E-state index in [4.69, 9.17) is 4.42 Å². The Balaban J connectivity index is 1.71. The van der Waals surface area contributed by atoms with Gasteiger partial charge in [-0.2, -0.15) is 18.3 Å². The van der Waals surface area contributed by atoms with E-state index in [1.165, 1.54) is 24.3 Å². The van der Waals surface area contributed by atoms with Gasteiger partial charge >= 0.3 is 6.18 Å². The smallest absolute Gasteiger partial charge is 0.434 e. The van der Waals surface area contributed by atoms with Gasteiger partial charge in [-0.25, -0.2) is 9.67 Å². The van der Waals surface area contributed by atoms with E-state index in [-0.39, 0.29) is 5.69 Å². The number of anilines is 1. The summed E-state index contributed by atoms with van der Waals surface area (Å²) >= 11 is 0. The maximum Gasteiger partial charge on any atom is 0.434 e. The highest BCUT2D eigenvalue weighted by Crippen LogP contribution is 2.34. The fourth-order valence-electron chi connectivity index (χ4n) is 2.87. The van der Waals surface area contributed by atoms with Crippen LogP contribution in [0.3, 0.4) is 0 Å². The molecule has 0 aliphatic carbocycles. The minimum atomic E-state index is -4.77. The van der Waals surface area contributed by atoms with Crippen molar-refractivity contribution in [3.63, 3.8) is 0 Å². The number of aryl methyl sites for hydroxylation is 1. The van der Waals surface area contributed by atoms with Crippen LogP contribution in [0.15, 0.2) is 59.1 Å². The normalized spacial score (nSPS) is 11.7. The van der Waals surface area contributed by atoms with Crippen LogP contribution in [0, 0.1) is 6.92 Å². The predicted molar refractivity (Wildman–Crippen MR) is 95.3 cm³/mol. The highest BCUT2D eigenvalue weighted by atomic mass is 19.4. The highest BCUT2D eigenvalue weighted by Gasteiger charge is 2.40. The van der Waals surface area contributed by atoms with Crippen LogP contribution in [0.4, 0.5) is 18.9 Å². The van der Waals surface area contributed by atoms with E-state index in [1.54, 1.807) is 31.2 Å². The summed E-state index contributed by atoms with van der Waals surface area (Å²) < 4.78 is 47.1. The number of nitrogens with zero attached hydrogens (tertiary/aromatic N) is 3. The Morgan fingerprint density at radius 1 is 1.14 bits per heavy atom. The first kappa shape index (κ1) is 17.8. The zero-order valence-electron chi connectivity index (χ0n) is 14.5. The van der Waals surface area contributed by atoms with Gasteiger partial charge < -0.3 is 9.73 Å². The molecule has 2 heterocycles. The predicted octanol–water partition coefficient (Wildman–Crippen LogP) is 4.59. The molecular formula is C19H13F3N4O2. The second-order valence-electron chi connectivity index (χ2n) is 6.02. The molecule has 0 saturated heterocycles. The zero-order valence-corrected chi connectivity index (χ0v) is 14.5. The van der Waals surface area contributed by atoms with E-state index < -0.39 is 23.3 Å². The average molecular weight is 386 g/mol. The topological polar surface area (TPSA) is 73.0 Å². The molecule has 0 radical (unpaired) electrons. The minimum Gasteiger partial charge on any atom is -0.441 e. The second kappa shape index (κ2) is 6.52. The van der Waals surface area contributed by atoms with Crippen LogP contribution >= 0.6 is 0 Å². The molecule has 4 rings (SSSR count). The number of hydrogen-bond donors (Lipinski definition) is 1. The number of fused-ring (bicyclic) bond motifs is 1. The largest absolute Gasteiger partial charge is 0.441 e. The van der Waals surface area contributed by atoms with Gasteiger partial charge in [0, 0.05) is 12.6 Å². The lowest BCUT2D eigenvalue weighted by molar-refractivity contribution is -0.143. The molecule has 0 atom stereocenters. The molecule has 6 nitrogen and oxygen atoms in total. The van der Waals surface area contributed by atoms with Gasteiger partial charge in [-0.15, -0.1) is 0 Å². The lowest BCUT2D eigenvalue weighted by Gasteiger charge is -2.12. The molecule has 142 valence electrons. The van der Waals surface area contributed by atoms with E-state index >= 15 is 0 Å². The SMILES string of the molecule is Cc1nc2cc(NC(=O)c3cnn(-c4ccccc4)c3C(F)(F)F)ccc2o1. The molecule has 1 N–H and O–H groups in total. The minimum absolute atomic E-state index is 0.202. The van der Waals surface area contributed by atoms with Gasteiger partial charge in [0.05, 0.1) is 17.4 Å². The van der Waals surface area contributed by atoms with Crippen molar-refractivity contribution in [2.75, 3.05) is 5.32 Å². The van der Waals surface area contributed by atoms with Crippen molar-refractivity contribution in [1.82, 2.24) is 14.8 Å². The molecule has 2 aromatic carbocycles. The number of halogens is 3. The van der Waals surface area contributed by atoms with Gasteiger partial charge in [-0.05, 0) is 30.3 Å². The van der Waals surface area contributed by atoms with E-state index in [0.29, 0.717) is 27.4 Å². The Kier molecular flexibility index (Phi) is 4.14. The summed E-state index contributed by atoms with van der Waals surface area (Å²) in [6.07, 6.45) is -3.86. The van der Waals surface area contributed by atoms with E-state index in [9.17, 15) is 18.0 Å². The number of benzene rings is 2. The first-order valence-electron chi connectivity index (χ1n) is 8.22. The summed E-state index contributed by atoms with van der Waals surface area (Å²) in [5.74, 6) is -0.476. The van der Waals surface area contributed by atoms with Gasteiger partial charge in [-0.3, -0.25) is 4.79 Å². The van der Waals surface area contributed by atoms with Gasteiger partial charge in [0.2, 0.25) is 0 Å². The Bertz CT molecular complexity index is 1160. The third kappa shape index (κ3) is 3.22.